The van der Waals surface area contributed by atoms with E-state index in [1.807, 2.05) is 0 Å². The number of guanidine groups is 1. The van der Waals surface area contributed by atoms with Crippen molar-refractivity contribution in [3.8, 4) is 0 Å². The number of carbonyl (C=O) groups excluding carboxylic acids is 1. The van der Waals surface area contributed by atoms with Crippen molar-refractivity contribution < 1.29 is 9.53 Å². The molecule has 3 aliphatic rings. The molecule has 0 radical (unpaired) electrons. The van der Waals surface area contributed by atoms with Crippen molar-refractivity contribution in [1.29, 1.82) is 0 Å². The van der Waals surface area contributed by atoms with E-state index in [0.29, 0.717) is 11.9 Å². The molecule has 0 aromatic carbocycles. The monoisotopic (exact) mass is 378 g/mol. The molecule has 0 spiro atoms. The second-order valence-electron chi connectivity index (χ2n) is 8.38. The van der Waals surface area contributed by atoms with Crippen LogP contribution in [0, 0.1) is 11.8 Å². The van der Waals surface area contributed by atoms with Gasteiger partial charge in [0.2, 0.25) is 5.91 Å². The van der Waals surface area contributed by atoms with Crippen LogP contribution in [-0.4, -0.2) is 62.2 Å². The maximum Gasteiger partial charge on any atom is 0.225 e. The lowest BCUT2D eigenvalue weighted by Gasteiger charge is -2.26. The largest absolute Gasteiger partial charge is 0.381 e. The Labute approximate surface area is 164 Å². The summed E-state index contributed by atoms with van der Waals surface area (Å²) in [5.74, 6) is 2.36. The Balaban J connectivity index is 1.36. The van der Waals surface area contributed by atoms with E-state index in [4.69, 9.17) is 4.74 Å². The van der Waals surface area contributed by atoms with E-state index in [-0.39, 0.29) is 5.92 Å². The highest BCUT2D eigenvalue weighted by atomic mass is 16.5. The van der Waals surface area contributed by atoms with Gasteiger partial charge in [-0.15, -0.1) is 0 Å². The van der Waals surface area contributed by atoms with Gasteiger partial charge in [0.15, 0.2) is 5.96 Å². The van der Waals surface area contributed by atoms with E-state index in [9.17, 15) is 4.79 Å². The van der Waals surface area contributed by atoms with Gasteiger partial charge in [-0.1, -0.05) is 19.3 Å². The van der Waals surface area contributed by atoms with Crippen LogP contribution in [0.3, 0.4) is 0 Å². The first-order valence-electron chi connectivity index (χ1n) is 11.2. The smallest absolute Gasteiger partial charge is 0.225 e. The maximum absolute atomic E-state index is 12.7. The first kappa shape index (κ1) is 20.4. The van der Waals surface area contributed by atoms with Crippen LogP contribution in [0.1, 0.15) is 64.7 Å². The van der Waals surface area contributed by atoms with Gasteiger partial charge < -0.3 is 20.3 Å². The number of hydrogen-bond donors (Lipinski definition) is 2. The lowest BCUT2D eigenvalue weighted by atomic mass is 9.88. The zero-order valence-electron chi connectivity index (χ0n) is 17.0. The number of nitrogens with zero attached hydrogens (tertiary/aromatic N) is 2. The van der Waals surface area contributed by atoms with Crippen LogP contribution < -0.4 is 10.6 Å². The molecule has 1 aliphatic heterocycles. The van der Waals surface area contributed by atoms with Gasteiger partial charge >= 0.3 is 0 Å². The van der Waals surface area contributed by atoms with Crippen LogP contribution in [-0.2, 0) is 9.53 Å². The van der Waals surface area contributed by atoms with Gasteiger partial charge in [0.05, 0.1) is 0 Å². The molecule has 0 aromatic heterocycles. The number of carbonyl (C=O) groups is 1. The van der Waals surface area contributed by atoms with Gasteiger partial charge in [0.25, 0.3) is 0 Å². The highest BCUT2D eigenvalue weighted by molar-refractivity contribution is 5.81. The van der Waals surface area contributed by atoms with E-state index in [1.54, 1.807) is 0 Å². The van der Waals surface area contributed by atoms with Crippen molar-refractivity contribution in [3.63, 3.8) is 0 Å². The van der Waals surface area contributed by atoms with Crippen molar-refractivity contribution in [2.75, 3.05) is 39.4 Å². The molecule has 2 aliphatic carbocycles. The highest BCUT2D eigenvalue weighted by Crippen LogP contribution is 2.28. The first-order chi connectivity index (χ1) is 13.3. The highest BCUT2D eigenvalue weighted by Gasteiger charge is 2.31. The van der Waals surface area contributed by atoms with E-state index in [0.717, 1.165) is 77.0 Å². The Hall–Kier alpha value is -1.30. The van der Waals surface area contributed by atoms with Gasteiger partial charge in [0, 0.05) is 51.4 Å². The summed E-state index contributed by atoms with van der Waals surface area (Å²) in [5, 5.41) is 6.86. The van der Waals surface area contributed by atoms with Crippen molar-refractivity contribution in [1.82, 2.24) is 15.5 Å². The summed E-state index contributed by atoms with van der Waals surface area (Å²) in [6.45, 7) is 7.12. The number of likely N-dealkylation sites (tertiary alicyclic amines) is 1. The molecule has 0 bridgehead atoms. The van der Waals surface area contributed by atoms with Gasteiger partial charge in [-0.3, -0.25) is 9.79 Å². The number of amides is 1. The lowest BCUT2D eigenvalue weighted by Crippen LogP contribution is -2.45. The molecule has 3 fully saturated rings. The molecule has 27 heavy (non-hydrogen) atoms. The number of aliphatic imine (C=N–C) groups is 1. The van der Waals surface area contributed by atoms with Crippen LogP contribution in [0.5, 0.6) is 0 Å². The Morgan fingerprint density at radius 1 is 1.15 bits per heavy atom. The molecule has 0 aromatic rings. The second kappa shape index (κ2) is 10.9. The lowest BCUT2D eigenvalue weighted by molar-refractivity contribution is -0.135. The fourth-order valence-corrected chi connectivity index (χ4v) is 4.09. The number of rotatable bonds is 9. The summed E-state index contributed by atoms with van der Waals surface area (Å²) >= 11 is 0. The van der Waals surface area contributed by atoms with Gasteiger partial charge in [-0.05, 0) is 51.4 Å². The van der Waals surface area contributed by atoms with Gasteiger partial charge in [-0.25, -0.2) is 0 Å². The molecule has 2 saturated carbocycles. The maximum atomic E-state index is 12.7. The quantitative estimate of drug-likeness (QED) is 0.368. The molecule has 3 rings (SSSR count). The minimum absolute atomic E-state index is 0.273. The average molecular weight is 379 g/mol. The standard InChI is InChI=1S/C21H38N4O2/c1-2-22-21(23-12-6-14-27-16-17-9-10-17)24-19-11-13-25(15-19)20(26)18-7-4-3-5-8-18/h17-19H,2-16H2,1H3,(H2,22,23,24). The molecule has 1 unspecified atom stereocenters. The molecule has 2 N–H and O–H groups in total. The molecule has 1 amide bonds. The third-order valence-corrected chi connectivity index (χ3v) is 5.91. The third kappa shape index (κ3) is 6.98. The first-order valence-corrected chi connectivity index (χ1v) is 11.2. The van der Waals surface area contributed by atoms with Crippen LogP contribution >= 0.6 is 0 Å². The Bertz CT molecular complexity index is 487. The summed E-state index contributed by atoms with van der Waals surface area (Å²) in [5.41, 5.74) is 0. The zero-order valence-corrected chi connectivity index (χ0v) is 17.0. The predicted octanol–water partition coefficient (Wildman–Crippen LogP) is 2.54. The fraction of sp³-hybridized carbons (Fsp3) is 0.905. The second-order valence-corrected chi connectivity index (χ2v) is 8.38. The molecular weight excluding hydrogens is 340 g/mol. The third-order valence-electron chi connectivity index (χ3n) is 5.91. The zero-order chi connectivity index (χ0) is 18.9. The summed E-state index contributed by atoms with van der Waals surface area (Å²) in [4.78, 5) is 19.5. The Kier molecular flexibility index (Phi) is 8.24. The molecule has 154 valence electrons. The van der Waals surface area contributed by atoms with Crippen LogP contribution in [0.15, 0.2) is 4.99 Å². The minimum Gasteiger partial charge on any atom is -0.381 e. The summed E-state index contributed by atoms with van der Waals surface area (Å²) in [6.07, 6.45) is 10.5. The summed E-state index contributed by atoms with van der Waals surface area (Å²) in [6, 6.07) is 0.307. The normalized spacial score (nSPS) is 24.3. The molecule has 6 heteroatoms. The molecule has 6 nitrogen and oxygen atoms in total. The van der Waals surface area contributed by atoms with Gasteiger partial charge in [-0.2, -0.15) is 0 Å². The van der Waals surface area contributed by atoms with Crippen molar-refractivity contribution >= 4 is 11.9 Å². The van der Waals surface area contributed by atoms with E-state index >= 15 is 0 Å². The summed E-state index contributed by atoms with van der Waals surface area (Å²) in [7, 11) is 0. The fourth-order valence-electron chi connectivity index (χ4n) is 4.09. The Morgan fingerprint density at radius 2 is 1.96 bits per heavy atom. The summed E-state index contributed by atoms with van der Waals surface area (Å²) < 4.78 is 5.68. The van der Waals surface area contributed by atoms with Crippen molar-refractivity contribution in [3.05, 3.63) is 0 Å². The van der Waals surface area contributed by atoms with Crippen molar-refractivity contribution in [2.45, 2.75) is 70.8 Å². The van der Waals surface area contributed by atoms with Crippen LogP contribution in [0.25, 0.3) is 0 Å². The molecular formula is C21H38N4O2. The molecule has 1 saturated heterocycles. The van der Waals surface area contributed by atoms with Gasteiger partial charge in [0.1, 0.15) is 0 Å². The van der Waals surface area contributed by atoms with E-state index < -0.39 is 0 Å². The minimum atomic E-state index is 0.273. The van der Waals surface area contributed by atoms with Crippen LogP contribution in [0.4, 0.5) is 0 Å². The predicted molar refractivity (Wildman–Crippen MR) is 109 cm³/mol. The topological polar surface area (TPSA) is 66.0 Å². The number of hydrogen-bond acceptors (Lipinski definition) is 3. The average Bonchev–Trinajstić information content (AvgIpc) is 3.41. The SMILES string of the molecule is CCNC(=NCCCOCC1CC1)NC1CCN(C(=O)C2CCCCC2)C1. The van der Waals surface area contributed by atoms with Crippen molar-refractivity contribution in [2.24, 2.45) is 16.8 Å². The molecule has 1 heterocycles. The number of nitrogens with one attached hydrogen (secondary N) is 2. The number of ether oxygens (including phenoxy) is 1. The molecule has 1 atom stereocenters. The van der Waals surface area contributed by atoms with E-state index in [1.165, 1.54) is 32.1 Å². The van der Waals surface area contributed by atoms with Crippen LogP contribution in [0.2, 0.25) is 0 Å². The Morgan fingerprint density at radius 3 is 2.70 bits per heavy atom. The van der Waals surface area contributed by atoms with E-state index in [2.05, 4.69) is 27.4 Å².